The summed E-state index contributed by atoms with van der Waals surface area (Å²) >= 11 is 0. The van der Waals surface area contributed by atoms with E-state index in [0.717, 1.165) is 0 Å². The SMILES string of the molecule is CC(C)(C#N)CCNC(C)(C)C(=O)O. The number of rotatable bonds is 5. The molecule has 0 aliphatic carbocycles. The van der Waals surface area contributed by atoms with Gasteiger partial charge in [-0.2, -0.15) is 5.26 Å². The van der Waals surface area contributed by atoms with E-state index in [1.54, 1.807) is 13.8 Å². The fourth-order valence-corrected chi connectivity index (χ4v) is 0.819. The highest BCUT2D eigenvalue weighted by atomic mass is 16.4. The van der Waals surface area contributed by atoms with Crippen molar-refractivity contribution in [2.24, 2.45) is 5.41 Å². The Balaban J connectivity index is 3.99. The van der Waals surface area contributed by atoms with Gasteiger partial charge in [-0.15, -0.1) is 0 Å². The molecule has 0 saturated heterocycles. The summed E-state index contributed by atoms with van der Waals surface area (Å²) in [4.78, 5) is 10.7. The van der Waals surface area contributed by atoms with E-state index in [0.29, 0.717) is 13.0 Å². The second-order valence-electron chi connectivity index (χ2n) is 4.60. The van der Waals surface area contributed by atoms with Gasteiger partial charge < -0.3 is 10.4 Å². The van der Waals surface area contributed by atoms with Crippen LogP contribution in [0.1, 0.15) is 34.1 Å². The quantitative estimate of drug-likeness (QED) is 0.700. The molecule has 14 heavy (non-hydrogen) atoms. The zero-order chi connectivity index (χ0) is 11.4. The van der Waals surface area contributed by atoms with Crippen LogP contribution in [-0.4, -0.2) is 23.2 Å². The monoisotopic (exact) mass is 198 g/mol. The normalized spacial score (nSPS) is 12.2. The zero-order valence-electron chi connectivity index (χ0n) is 9.22. The van der Waals surface area contributed by atoms with E-state index < -0.39 is 16.9 Å². The van der Waals surface area contributed by atoms with Crippen LogP contribution in [0.2, 0.25) is 0 Å². The van der Waals surface area contributed by atoms with E-state index in [1.165, 1.54) is 0 Å². The van der Waals surface area contributed by atoms with Crippen molar-refractivity contribution >= 4 is 5.97 Å². The average Bonchev–Trinajstić information content (AvgIpc) is 2.03. The second kappa shape index (κ2) is 4.43. The van der Waals surface area contributed by atoms with E-state index in [1.807, 2.05) is 13.8 Å². The maximum atomic E-state index is 10.7. The summed E-state index contributed by atoms with van der Waals surface area (Å²) in [6, 6.07) is 2.17. The Morgan fingerprint density at radius 2 is 1.93 bits per heavy atom. The van der Waals surface area contributed by atoms with Crippen molar-refractivity contribution in [3.05, 3.63) is 0 Å². The lowest BCUT2D eigenvalue weighted by molar-refractivity contribution is -0.143. The molecule has 4 heteroatoms. The molecule has 0 atom stereocenters. The van der Waals surface area contributed by atoms with Crippen molar-refractivity contribution in [1.29, 1.82) is 5.26 Å². The lowest BCUT2D eigenvalue weighted by atomic mass is 9.91. The van der Waals surface area contributed by atoms with Crippen molar-refractivity contribution in [1.82, 2.24) is 5.32 Å². The summed E-state index contributed by atoms with van der Waals surface area (Å²) in [6.45, 7) is 7.41. The van der Waals surface area contributed by atoms with E-state index in [2.05, 4.69) is 11.4 Å². The first-order valence-corrected chi connectivity index (χ1v) is 4.61. The van der Waals surface area contributed by atoms with Gasteiger partial charge in [-0.3, -0.25) is 4.79 Å². The molecule has 0 aliphatic rings. The Morgan fingerprint density at radius 3 is 2.29 bits per heavy atom. The molecule has 0 heterocycles. The highest BCUT2D eigenvalue weighted by Crippen LogP contribution is 2.17. The fraction of sp³-hybridized carbons (Fsp3) is 0.800. The molecule has 0 amide bonds. The first-order valence-electron chi connectivity index (χ1n) is 4.61. The van der Waals surface area contributed by atoms with Crippen LogP contribution >= 0.6 is 0 Å². The van der Waals surface area contributed by atoms with Crippen molar-refractivity contribution in [3.63, 3.8) is 0 Å². The van der Waals surface area contributed by atoms with Crippen LogP contribution in [0.4, 0.5) is 0 Å². The number of hydrogen-bond acceptors (Lipinski definition) is 3. The molecule has 0 aromatic heterocycles. The third-order valence-electron chi connectivity index (χ3n) is 2.15. The summed E-state index contributed by atoms with van der Waals surface area (Å²) < 4.78 is 0. The number of aliphatic carboxylic acids is 1. The van der Waals surface area contributed by atoms with E-state index in [-0.39, 0.29) is 0 Å². The van der Waals surface area contributed by atoms with Crippen LogP contribution in [0.5, 0.6) is 0 Å². The molecule has 0 aromatic carbocycles. The van der Waals surface area contributed by atoms with Crippen molar-refractivity contribution in [2.75, 3.05) is 6.54 Å². The van der Waals surface area contributed by atoms with Crippen molar-refractivity contribution in [3.8, 4) is 6.07 Å². The number of nitriles is 1. The smallest absolute Gasteiger partial charge is 0.323 e. The van der Waals surface area contributed by atoms with Gasteiger partial charge in [-0.1, -0.05) is 0 Å². The van der Waals surface area contributed by atoms with E-state index in [4.69, 9.17) is 10.4 Å². The number of hydrogen-bond donors (Lipinski definition) is 2. The molecule has 0 fully saturated rings. The van der Waals surface area contributed by atoms with Gasteiger partial charge in [-0.05, 0) is 40.7 Å². The highest BCUT2D eigenvalue weighted by molar-refractivity contribution is 5.77. The molecule has 0 spiro atoms. The Kier molecular flexibility index (Phi) is 4.08. The lowest BCUT2D eigenvalue weighted by Crippen LogP contribution is -2.47. The molecule has 0 aliphatic heterocycles. The first-order chi connectivity index (χ1) is 6.21. The van der Waals surface area contributed by atoms with Crippen molar-refractivity contribution in [2.45, 2.75) is 39.7 Å². The van der Waals surface area contributed by atoms with Gasteiger partial charge in [0.2, 0.25) is 0 Å². The van der Waals surface area contributed by atoms with E-state index >= 15 is 0 Å². The third-order valence-corrected chi connectivity index (χ3v) is 2.15. The zero-order valence-corrected chi connectivity index (χ0v) is 9.22. The first kappa shape index (κ1) is 12.9. The van der Waals surface area contributed by atoms with E-state index in [9.17, 15) is 4.79 Å². The number of carboxylic acids is 1. The van der Waals surface area contributed by atoms with Crippen LogP contribution in [0.3, 0.4) is 0 Å². The Bertz CT molecular complexity index is 251. The maximum Gasteiger partial charge on any atom is 0.323 e. The molecule has 0 rings (SSSR count). The molecule has 80 valence electrons. The molecular formula is C10H18N2O2. The molecule has 2 N–H and O–H groups in total. The molecule has 0 radical (unpaired) electrons. The van der Waals surface area contributed by atoms with Crippen LogP contribution in [0.25, 0.3) is 0 Å². The summed E-state index contributed by atoms with van der Waals surface area (Å²) in [6.07, 6.45) is 0.639. The number of nitrogens with one attached hydrogen (secondary N) is 1. The lowest BCUT2D eigenvalue weighted by Gasteiger charge is -2.23. The predicted molar refractivity (Wildman–Crippen MR) is 53.7 cm³/mol. The Labute approximate surface area is 84.9 Å². The molecule has 4 nitrogen and oxygen atoms in total. The molecule has 0 bridgehead atoms. The molecule has 0 aromatic rings. The number of carbonyl (C=O) groups is 1. The van der Waals surface area contributed by atoms with Crippen LogP contribution in [0.15, 0.2) is 0 Å². The summed E-state index contributed by atoms with van der Waals surface area (Å²) in [5, 5.41) is 20.4. The number of carboxylic acid groups (broad SMARTS) is 1. The minimum atomic E-state index is -0.925. The highest BCUT2D eigenvalue weighted by Gasteiger charge is 2.27. The fourth-order valence-electron chi connectivity index (χ4n) is 0.819. The van der Waals surface area contributed by atoms with Crippen molar-refractivity contribution < 1.29 is 9.90 Å². The van der Waals surface area contributed by atoms with Crippen LogP contribution in [-0.2, 0) is 4.79 Å². The Hall–Kier alpha value is -1.08. The van der Waals surface area contributed by atoms with Gasteiger partial charge in [0, 0.05) is 0 Å². The third kappa shape index (κ3) is 4.24. The van der Waals surface area contributed by atoms with Gasteiger partial charge in [-0.25, -0.2) is 0 Å². The average molecular weight is 198 g/mol. The number of nitrogens with zero attached hydrogens (tertiary/aromatic N) is 1. The molecular weight excluding hydrogens is 180 g/mol. The summed E-state index contributed by atoms with van der Waals surface area (Å²) in [5.41, 5.74) is -1.33. The predicted octanol–water partition coefficient (Wildman–Crippen LogP) is 1.38. The maximum absolute atomic E-state index is 10.7. The molecule has 0 unspecified atom stereocenters. The minimum Gasteiger partial charge on any atom is -0.480 e. The van der Waals surface area contributed by atoms with Crippen LogP contribution in [0, 0.1) is 16.7 Å². The Morgan fingerprint density at radius 1 is 1.43 bits per heavy atom. The summed E-state index contributed by atoms with van der Waals surface area (Å²) in [5.74, 6) is -0.882. The van der Waals surface area contributed by atoms with Gasteiger partial charge in [0.15, 0.2) is 0 Å². The van der Waals surface area contributed by atoms with Gasteiger partial charge in [0.25, 0.3) is 0 Å². The van der Waals surface area contributed by atoms with Gasteiger partial charge in [0.1, 0.15) is 5.54 Å². The van der Waals surface area contributed by atoms with Crippen LogP contribution < -0.4 is 5.32 Å². The minimum absolute atomic E-state index is 0.401. The topological polar surface area (TPSA) is 73.1 Å². The largest absolute Gasteiger partial charge is 0.480 e. The standard InChI is InChI=1S/C10H18N2O2/c1-9(2,7-11)5-6-12-10(3,4)8(13)14/h12H,5-6H2,1-4H3,(H,13,14). The molecule has 0 saturated carbocycles. The second-order valence-corrected chi connectivity index (χ2v) is 4.60. The summed E-state index contributed by atoms with van der Waals surface area (Å²) in [7, 11) is 0. The van der Waals surface area contributed by atoms with Gasteiger partial charge in [0.05, 0.1) is 11.5 Å². The van der Waals surface area contributed by atoms with Gasteiger partial charge >= 0.3 is 5.97 Å².